The van der Waals surface area contributed by atoms with Crippen LogP contribution in [0.1, 0.15) is 27.2 Å². The molecule has 19 heavy (non-hydrogen) atoms. The molecule has 1 amide bonds. The van der Waals surface area contributed by atoms with Gasteiger partial charge in [-0.05, 0) is 18.1 Å². The number of rotatable bonds is 6. The maximum atomic E-state index is 11.0. The first-order valence-corrected chi connectivity index (χ1v) is 9.13. The summed E-state index contributed by atoms with van der Waals surface area (Å²) >= 11 is 0. The fourth-order valence-corrected chi connectivity index (χ4v) is 2.17. The van der Waals surface area contributed by atoms with Crippen LogP contribution in [0.4, 0.5) is 4.79 Å². The summed E-state index contributed by atoms with van der Waals surface area (Å²) in [7, 11) is -0.697. The van der Waals surface area contributed by atoms with Crippen molar-refractivity contribution in [3.8, 4) is 0 Å². The zero-order valence-corrected chi connectivity index (χ0v) is 13.6. The van der Waals surface area contributed by atoms with Gasteiger partial charge in [0.1, 0.15) is 6.04 Å². The van der Waals surface area contributed by atoms with Crippen LogP contribution in [0.15, 0.2) is 0 Å². The second-order valence-corrected chi connectivity index (χ2v) is 10.7. The van der Waals surface area contributed by atoms with Crippen molar-refractivity contribution in [3.05, 3.63) is 0 Å². The van der Waals surface area contributed by atoms with Gasteiger partial charge in [0.25, 0.3) is 0 Å². The normalized spacial score (nSPS) is 13.8. The van der Waals surface area contributed by atoms with Crippen molar-refractivity contribution in [1.29, 1.82) is 0 Å². The minimum absolute atomic E-state index is 0.0709. The van der Waals surface area contributed by atoms with E-state index in [1.807, 2.05) is 0 Å². The fraction of sp³-hybridized carbons (Fsp3) is 0.833. The van der Waals surface area contributed by atoms with E-state index >= 15 is 0 Å². The van der Waals surface area contributed by atoms with E-state index < -0.39 is 26.4 Å². The van der Waals surface area contributed by atoms with Crippen LogP contribution in [0.2, 0.25) is 18.1 Å². The van der Waals surface area contributed by atoms with Crippen LogP contribution >= 0.6 is 0 Å². The summed E-state index contributed by atoms with van der Waals surface area (Å²) < 4.78 is 10.3. The number of hydrogen-bond acceptors (Lipinski definition) is 4. The van der Waals surface area contributed by atoms with E-state index in [4.69, 9.17) is 9.53 Å². The summed E-state index contributed by atoms with van der Waals surface area (Å²) in [5.74, 6) is -1.09. The fourth-order valence-electron chi connectivity index (χ4n) is 1.11. The third kappa shape index (κ3) is 6.06. The zero-order valence-electron chi connectivity index (χ0n) is 12.6. The molecule has 0 spiro atoms. The number of ether oxygens (including phenoxy) is 1. The van der Waals surface area contributed by atoms with Crippen molar-refractivity contribution in [2.45, 2.75) is 51.4 Å². The van der Waals surface area contributed by atoms with Gasteiger partial charge in [-0.15, -0.1) is 0 Å². The van der Waals surface area contributed by atoms with Gasteiger partial charge >= 0.3 is 12.1 Å². The molecule has 0 aliphatic heterocycles. The van der Waals surface area contributed by atoms with Gasteiger partial charge in [0.05, 0.1) is 7.11 Å². The number of amides is 1. The minimum Gasteiger partial charge on any atom is -0.480 e. The number of aliphatic carboxylic acids is 1. The SMILES string of the molecule is COC(=O)NC(CCO[Si](C)(C)C(C)(C)C)C(=O)O. The van der Waals surface area contributed by atoms with Gasteiger partial charge < -0.3 is 19.6 Å². The second-order valence-electron chi connectivity index (χ2n) is 5.92. The Morgan fingerprint density at radius 3 is 2.21 bits per heavy atom. The molecule has 0 saturated carbocycles. The molecule has 0 aromatic rings. The lowest BCUT2D eigenvalue weighted by Crippen LogP contribution is -2.44. The summed E-state index contributed by atoms with van der Waals surface area (Å²) in [5.41, 5.74) is 0. The van der Waals surface area contributed by atoms with Crippen molar-refractivity contribution in [1.82, 2.24) is 5.32 Å². The van der Waals surface area contributed by atoms with Crippen LogP contribution in [0, 0.1) is 0 Å². The van der Waals surface area contributed by atoms with E-state index in [9.17, 15) is 9.59 Å². The molecular weight excluding hydrogens is 266 g/mol. The van der Waals surface area contributed by atoms with Gasteiger partial charge in [0, 0.05) is 13.0 Å². The molecule has 0 aromatic carbocycles. The molecule has 112 valence electrons. The predicted molar refractivity (Wildman–Crippen MR) is 74.7 cm³/mol. The predicted octanol–water partition coefficient (Wildman–Crippen LogP) is 2.21. The van der Waals surface area contributed by atoms with E-state index in [1.54, 1.807) is 0 Å². The molecule has 0 rings (SSSR count). The van der Waals surface area contributed by atoms with Crippen molar-refractivity contribution in [2.75, 3.05) is 13.7 Å². The summed E-state index contributed by atoms with van der Waals surface area (Å²) in [6.45, 7) is 10.8. The molecule has 0 bridgehead atoms. The third-order valence-electron chi connectivity index (χ3n) is 3.45. The first-order valence-electron chi connectivity index (χ1n) is 6.22. The highest BCUT2D eigenvalue weighted by molar-refractivity contribution is 6.74. The van der Waals surface area contributed by atoms with Gasteiger partial charge in [0.15, 0.2) is 8.32 Å². The molecule has 0 aromatic heterocycles. The largest absolute Gasteiger partial charge is 0.480 e. The third-order valence-corrected chi connectivity index (χ3v) is 7.99. The summed E-state index contributed by atoms with van der Waals surface area (Å²) in [5, 5.41) is 11.3. The number of methoxy groups -OCH3 is 1. The quantitative estimate of drug-likeness (QED) is 0.733. The molecule has 1 atom stereocenters. The molecule has 0 saturated heterocycles. The van der Waals surface area contributed by atoms with Gasteiger partial charge in [-0.25, -0.2) is 9.59 Å². The molecule has 2 N–H and O–H groups in total. The van der Waals surface area contributed by atoms with Gasteiger partial charge in [-0.1, -0.05) is 20.8 Å². The van der Waals surface area contributed by atoms with Crippen molar-refractivity contribution < 1.29 is 23.9 Å². The number of nitrogens with one attached hydrogen (secondary N) is 1. The number of hydrogen-bond donors (Lipinski definition) is 2. The van der Waals surface area contributed by atoms with E-state index in [1.165, 1.54) is 7.11 Å². The highest BCUT2D eigenvalue weighted by Gasteiger charge is 2.37. The van der Waals surface area contributed by atoms with Gasteiger partial charge in [0.2, 0.25) is 0 Å². The van der Waals surface area contributed by atoms with E-state index in [0.29, 0.717) is 6.61 Å². The number of carboxylic acid groups (broad SMARTS) is 1. The molecule has 0 heterocycles. The maximum Gasteiger partial charge on any atom is 0.407 e. The summed E-state index contributed by atoms with van der Waals surface area (Å²) in [6.07, 6.45) is -0.531. The maximum absolute atomic E-state index is 11.0. The Hall–Kier alpha value is -1.08. The highest BCUT2D eigenvalue weighted by atomic mass is 28.4. The Kier molecular flexibility index (Phi) is 6.51. The Labute approximate surface area is 115 Å². The van der Waals surface area contributed by atoms with E-state index in [0.717, 1.165) is 0 Å². The first-order chi connectivity index (χ1) is 8.51. The molecular formula is C12H25NO5Si. The lowest BCUT2D eigenvalue weighted by Gasteiger charge is -2.36. The number of alkyl carbamates (subject to hydrolysis) is 1. The molecule has 1 unspecified atom stereocenters. The Morgan fingerprint density at radius 1 is 1.32 bits per heavy atom. The van der Waals surface area contributed by atoms with Gasteiger partial charge in [-0.3, -0.25) is 0 Å². The molecule has 0 aliphatic rings. The van der Waals surface area contributed by atoms with Crippen molar-refractivity contribution >= 4 is 20.4 Å². The van der Waals surface area contributed by atoms with Crippen LogP contribution in [0.25, 0.3) is 0 Å². The van der Waals surface area contributed by atoms with Gasteiger partial charge in [-0.2, -0.15) is 0 Å². The monoisotopic (exact) mass is 291 g/mol. The van der Waals surface area contributed by atoms with Crippen molar-refractivity contribution in [3.63, 3.8) is 0 Å². The molecule has 0 fully saturated rings. The topological polar surface area (TPSA) is 84.9 Å². The molecule has 0 aliphatic carbocycles. The minimum atomic E-state index is -1.89. The summed E-state index contributed by atoms with van der Waals surface area (Å²) in [6, 6.07) is -0.989. The Balaban J connectivity index is 4.36. The summed E-state index contributed by atoms with van der Waals surface area (Å²) in [4.78, 5) is 22.0. The van der Waals surface area contributed by atoms with Crippen LogP contribution < -0.4 is 5.32 Å². The Morgan fingerprint density at radius 2 is 1.84 bits per heavy atom. The number of carbonyl (C=O) groups is 2. The van der Waals surface area contributed by atoms with E-state index in [2.05, 4.69) is 43.9 Å². The average Bonchev–Trinajstić information content (AvgIpc) is 2.25. The average molecular weight is 291 g/mol. The molecule has 7 heteroatoms. The van der Waals surface area contributed by atoms with Crippen LogP contribution in [0.5, 0.6) is 0 Å². The lowest BCUT2D eigenvalue weighted by atomic mass is 10.2. The standard InChI is InChI=1S/C12H25NO5Si/c1-12(2,3)19(5,6)18-8-7-9(10(14)15)13-11(16)17-4/h9H,7-8H2,1-6H3,(H,13,16)(H,14,15). The zero-order chi connectivity index (χ0) is 15.3. The van der Waals surface area contributed by atoms with Crippen LogP contribution in [0.3, 0.4) is 0 Å². The highest BCUT2D eigenvalue weighted by Crippen LogP contribution is 2.36. The van der Waals surface area contributed by atoms with E-state index in [-0.39, 0.29) is 11.5 Å². The first kappa shape index (κ1) is 17.9. The Bertz CT molecular complexity index is 325. The van der Waals surface area contributed by atoms with Crippen LogP contribution in [-0.2, 0) is 14.0 Å². The van der Waals surface area contributed by atoms with Crippen molar-refractivity contribution in [2.24, 2.45) is 0 Å². The molecule has 0 radical (unpaired) electrons. The molecule has 6 nitrogen and oxygen atoms in total. The lowest BCUT2D eigenvalue weighted by molar-refractivity contribution is -0.139. The number of carboxylic acids is 1. The van der Waals surface area contributed by atoms with Crippen LogP contribution in [-0.4, -0.2) is 45.2 Å². The number of carbonyl (C=O) groups excluding carboxylic acids is 1. The smallest absolute Gasteiger partial charge is 0.407 e. The second kappa shape index (κ2) is 6.90.